The van der Waals surface area contributed by atoms with E-state index in [1.165, 1.54) is 31.9 Å². The number of likely N-dealkylation sites (tertiary alicyclic amines) is 1. The van der Waals surface area contributed by atoms with E-state index in [1.54, 1.807) is 11.8 Å². The van der Waals surface area contributed by atoms with Gasteiger partial charge in [-0.15, -0.1) is 11.8 Å². The molecule has 1 aliphatic carbocycles. The van der Waals surface area contributed by atoms with Crippen molar-refractivity contribution in [3.63, 3.8) is 0 Å². The number of aliphatic hydroxyl groups is 1. The normalized spacial score (nSPS) is 22.6. The topological polar surface area (TPSA) is 98.7 Å². The lowest BCUT2D eigenvalue weighted by Gasteiger charge is -2.47. The predicted molar refractivity (Wildman–Crippen MR) is 199 cm³/mol. The number of carbonyl (C=O) groups excluding carboxylic acids is 1. The van der Waals surface area contributed by atoms with Gasteiger partial charge in [-0.3, -0.25) is 9.69 Å². The molecule has 260 valence electrons. The van der Waals surface area contributed by atoms with Crippen LogP contribution in [0, 0.1) is 17.8 Å². The summed E-state index contributed by atoms with van der Waals surface area (Å²) in [6.07, 6.45) is 10.5. The van der Waals surface area contributed by atoms with Crippen molar-refractivity contribution in [1.29, 1.82) is 0 Å². The third kappa shape index (κ3) is 10.9. The van der Waals surface area contributed by atoms with E-state index in [9.17, 15) is 18.3 Å². The van der Waals surface area contributed by atoms with Gasteiger partial charge in [0, 0.05) is 41.2 Å². The van der Waals surface area contributed by atoms with E-state index in [4.69, 9.17) is 0 Å². The highest BCUT2D eigenvalue weighted by Crippen LogP contribution is 2.39. The SMILES string of the molecule is CC(C)(C)NC(=O)C1C[C@@H]2CCCC[C@@H]2CN1CC(O)[C@@H](/C=C/[C@@H](CSc1ccc2ccccc2c1)NS(C)(=O)=O)Cc1ccccc1. The average molecular weight is 692 g/mol. The molecule has 1 amide bonds. The Hall–Kier alpha value is -2.69. The Bertz CT molecular complexity index is 1640. The van der Waals surface area contributed by atoms with E-state index in [0.29, 0.717) is 30.6 Å². The number of rotatable bonds is 13. The maximum atomic E-state index is 13.6. The predicted octanol–water partition coefficient (Wildman–Crippen LogP) is 6.42. The van der Waals surface area contributed by atoms with Gasteiger partial charge in [0.25, 0.3) is 0 Å². The second-order valence-electron chi connectivity index (χ2n) is 14.9. The highest BCUT2D eigenvalue weighted by Gasteiger charge is 2.41. The lowest BCUT2D eigenvalue weighted by atomic mass is 9.72. The molecule has 1 saturated heterocycles. The Kier molecular flexibility index (Phi) is 12.5. The van der Waals surface area contributed by atoms with Crippen LogP contribution in [0.3, 0.4) is 0 Å². The molecule has 0 radical (unpaired) electrons. The van der Waals surface area contributed by atoms with Crippen LogP contribution in [0.1, 0.15) is 58.4 Å². The lowest BCUT2D eigenvalue weighted by molar-refractivity contribution is -0.132. The zero-order chi connectivity index (χ0) is 34.3. The molecule has 2 aliphatic rings. The fourth-order valence-electron chi connectivity index (χ4n) is 7.35. The number of β-amino-alcohol motifs (C(OH)–C–C–N with tert-alkyl or cyclic N) is 1. The lowest BCUT2D eigenvalue weighted by Crippen LogP contribution is -2.59. The van der Waals surface area contributed by atoms with Gasteiger partial charge in [-0.2, -0.15) is 0 Å². The van der Waals surface area contributed by atoms with E-state index in [1.807, 2.05) is 63.3 Å². The summed E-state index contributed by atoms with van der Waals surface area (Å²) in [5.74, 6) is 1.35. The van der Waals surface area contributed by atoms with E-state index in [2.05, 4.69) is 57.4 Å². The molecule has 1 aliphatic heterocycles. The van der Waals surface area contributed by atoms with Gasteiger partial charge in [0.15, 0.2) is 0 Å². The second-order valence-corrected chi connectivity index (χ2v) is 17.7. The van der Waals surface area contributed by atoms with Crippen LogP contribution < -0.4 is 10.0 Å². The molecule has 0 aromatic heterocycles. The zero-order valence-electron chi connectivity index (χ0n) is 28.8. The maximum Gasteiger partial charge on any atom is 0.237 e. The monoisotopic (exact) mass is 691 g/mol. The van der Waals surface area contributed by atoms with Crippen LogP contribution >= 0.6 is 11.8 Å². The molecule has 48 heavy (non-hydrogen) atoms. The Morgan fingerprint density at radius 2 is 1.67 bits per heavy atom. The van der Waals surface area contributed by atoms with Crippen LogP contribution in [-0.4, -0.2) is 73.2 Å². The summed E-state index contributed by atoms with van der Waals surface area (Å²) in [5, 5.41) is 17.5. The molecule has 0 spiro atoms. The van der Waals surface area contributed by atoms with Crippen molar-refractivity contribution in [3.05, 3.63) is 90.5 Å². The molecule has 0 bridgehead atoms. The molecule has 9 heteroatoms. The quantitative estimate of drug-likeness (QED) is 0.141. The number of sulfonamides is 1. The van der Waals surface area contributed by atoms with Gasteiger partial charge in [0.05, 0.1) is 18.4 Å². The van der Waals surface area contributed by atoms with Crippen molar-refractivity contribution < 1.29 is 18.3 Å². The molecule has 3 aromatic carbocycles. The number of fused-ring (bicyclic) bond motifs is 2. The molecule has 7 nitrogen and oxygen atoms in total. The van der Waals surface area contributed by atoms with Gasteiger partial charge < -0.3 is 10.4 Å². The molecule has 3 aromatic rings. The minimum atomic E-state index is -3.49. The van der Waals surface area contributed by atoms with Crippen molar-refractivity contribution in [2.24, 2.45) is 17.8 Å². The number of carbonyl (C=O) groups is 1. The van der Waals surface area contributed by atoms with Crippen LogP contribution in [0.2, 0.25) is 0 Å². The third-order valence-electron chi connectivity index (χ3n) is 9.64. The Morgan fingerprint density at radius 1 is 0.979 bits per heavy atom. The largest absolute Gasteiger partial charge is 0.391 e. The molecule has 3 N–H and O–H groups in total. The van der Waals surface area contributed by atoms with Gasteiger partial charge in [0.1, 0.15) is 0 Å². The van der Waals surface area contributed by atoms with Gasteiger partial charge in [-0.25, -0.2) is 13.1 Å². The van der Waals surface area contributed by atoms with E-state index in [0.717, 1.165) is 34.2 Å². The molecular weight excluding hydrogens is 639 g/mol. The average Bonchev–Trinajstić information content (AvgIpc) is 3.04. The third-order valence-corrected chi connectivity index (χ3v) is 11.5. The van der Waals surface area contributed by atoms with E-state index in [-0.39, 0.29) is 23.4 Å². The minimum absolute atomic E-state index is 0.0389. The van der Waals surface area contributed by atoms with Crippen LogP contribution in [0.15, 0.2) is 89.8 Å². The van der Waals surface area contributed by atoms with Gasteiger partial charge >= 0.3 is 0 Å². The molecular formula is C39H53N3O4S2. The van der Waals surface area contributed by atoms with Crippen molar-refractivity contribution in [3.8, 4) is 0 Å². The highest BCUT2D eigenvalue weighted by molar-refractivity contribution is 7.99. The van der Waals surface area contributed by atoms with Gasteiger partial charge in [-0.05, 0) is 80.3 Å². The van der Waals surface area contributed by atoms with Crippen LogP contribution in [0.4, 0.5) is 0 Å². The summed E-state index contributed by atoms with van der Waals surface area (Å²) in [4.78, 5) is 16.9. The summed E-state index contributed by atoms with van der Waals surface area (Å²) in [6.45, 7) is 7.22. The van der Waals surface area contributed by atoms with E-state index < -0.39 is 22.2 Å². The Morgan fingerprint density at radius 3 is 2.38 bits per heavy atom. The van der Waals surface area contributed by atoms with Gasteiger partial charge in [0.2, 0.25) is 15.9 Å². The summed E-state index contributed by atoms with van der Waals surface area (Å²) >= 11 is 1.60. The fraction of sp³-hybridized carbons (Fsp3) is 0.513. The van der Waals surface area contributed by atoms with Crippen molar-refractivity contribution in [2.45, 2.75) is 87.9 Å². The summed E-state index contributed by atoms with van der Waals surface area (Å²) in [7, 11) is -3.49. The highest BCUT2D eigenvalue weighted by atomic mass is 32.2. The van der Waals surface area contributed by atoms with Crippen LogP contribution in [-0.2, 0) is 21.2 Å². The summed E-state index contributed by atoms with van der Waals surface area (Å²) in [6, 6.07) is 23.8. The number of aliphatic hydroxyl groups excluding tert-OH is 1. The van der Waals surface area contributed by atoms with E-state index >= 15 is 0 Å². The number of nitrogens with one attached hydrogen (secondary N) is 2. The molecule has 1 saturated carbocycles. The molecule has 2 fully saturated rings. The fourth-order valence-corrected chi connectivity index (χ4v) is 9.10. The first-order chi connectivity index (χ1) is 22.8. The second kappa shape index (κ2) is 16.3. The number of benzene rings is 3. The first-order valence-corrected chi connectivity index (χ1v) is 20.3. The zero-order valence-corrected chi connectivity index (χ0v) is 30.5. The first-order valence-electron chi connectivity index (χ1n) is 17.4. The smallest absolute Gasteiger partial charge is 0.237 e. The number of amides is 1. The van der Waals surface area contributed by atoms with Gasteiger partial charge in [-0.1, -0.05) is 92.1 Å². The number of hydrogen-bond donors (Lipinski definition) is 3. The molecule has 6 atom stereocenters. The van der Waals surface area contributed by atoms with Crippen molar-refractivity contribution >= 4 is 38.5 Å². The molecule has 2 unspecified atom stereocenters. The first kappa shape index (κ1) is 36.6. The molecule has 5 rings (SSSR count). The van der Waals surface area contributed by atoms with Crippen LogP contribution in [0.5, 0.6) is 0 Å². The standard InChI is InChI=1S/C39H53N3O4S2/c1-39(2,3)40-38(44)36-24-31-16-10-11-17-33(31)25-42(36)26-37(43)32(22-28-12-6-5-7-13-28)18-20-34(41-48(4,45)46)27-47-35-21-19-29-14-8-9-15-30(29)23-35/h5-9,12-15,18-21,23,31-34,36-37,41,43H,10-11,16-17,22,24-27H2,1-4H3,(H,40,44)/b20-18+/t31-,32-,33+,34-,36?,37?/m0/s1. The van der Waals surface area contributed by atoms with Crippen molar-refractivity contribution in [2.75, 3.05) is 25.1 Å². The number of nitrogens with zero attached hydrogens (tertiary/aromatic N) is 1. The molecule has 1 heterocycles. The number of piperidine rings is 1. The minimum Gasteiger partial charge on any atom is -0.391 e. The Balaban J connectivity index is 1.36. The maximum absolute atomic E-state index is 13.6. The summed E-state index contributed by atoms with van der Waals surface area (Å²) in [5.41, 5.74) is 0.757. The van der Waals surface area contributed by atoms with Crippen LogP contribution in [0.25, 0.3) is 10.8 Å². The number of hydrogen-bond acceptors (Lipinski definition) is 6. The number of thioether (sulfide) groups is 1. The van der Waals surface area contributed by atoms with Crippen molar-refractivity contribution in [1.82, 2.24) is 14.9 Å². The Labute approximate surface area is 292 Å². The summed E-state index contributed by atoms with van der Waals surface area (Å²) < 4.78 is 27.6.